The molecule has 1 aromatic rings. The molecule has 5 nitrogen and oxygen atoms in total. The van der Waals surface area contributed by atoms with Gasteiger partial charge in [0.25, 0.3) is 0 Å². The highest BCUT2D eigenvalue weighted by atomic mass is 19.1. The van der Waals surface area contributed by atoms with Crippen LogP contribution >= 0.6 is 0 Å². The quantitative estimate of drug-likeness (QED) is 0.835. The van der Waals surface area contributed by atoms with Crippen LogP contribution in [0, 0.1) is 5.82 Å². The SMILES string of the molecule is CCc1ncnc(NCC(=O)N(CC)CC)c1F. The van der Waals surface area contributed by atoms with E-state index in [1.807, 2.05) is 20.8 Å². The van der Waals surface area contributed by atoms with E-state index in [0.717, 1.165) is 0 Å². The number of hydrogen-bond donors (Lipinski definition) is 1. The average molecular weight is 254 g/mol. The summed E-state index contributed by atoms with van der Waals surface area (Å²) in [7, 11) is 0. The maximum absolute atomic E-state index is 13.8. The summed E-state index contributed by atoms with van der Waals surface area (Å²) >= 11 is 0. The van der Waals surface area contributed by atoms with Crippen LogP contribution in [0.3, 0.4) is 0 Å². The van der Waals surface area contributed by atoms with Gasteiger partial charge in [0.05, 0.1) is 12.2 Å². The molecule has 0 saturated heterocycles. The Kier molecular flexibility index (Phi) is 5.48. The molecule has 0 spiro atoms. The van der Waals surface area contributed by atoms with Crippen LogP contribution in [0.1, 0.15) is 26.5 Å². The van der Waals surface area contributed by atoms with Crippen molar-refractivity contribution in [3.8, 4) is 0 Å². The molecule has 18 heavy (non-hydrogen) atoms. The molecule has 0 bridgehead atoms. The van der Waals surface area contributed by atoms with E-state index in [2.05, 4.69) is 15.3 Å². The Labute approximate surface area is 106 Å². The Morgan fingerprint density at radius 3 is 2.56 bits per heavy atom. The number of anilines is 1. The van der Waals surface area contributed by atoms with Gasteiger partial charge in [0.15, 0.2) is 11.6 Å². The summed E-state index contributed by atoms with van der Waals surface area (Å²) in [5, 5.41) is 2.72. The second-order valence-electron chi connectivity index (χ2n) is 3.76. The van der Waals surface area contributed by atoms with Gasteiger partial charge in [-0.1, -0.05) is 6.92 Å². The monoisotopic (exact) mass is 254 g/mol. The number of halogens is 1. The van der Waals surface area contributed by atoms with Crippen LogP contribution in [0.4, 0.5) is 10.2 Å². The van der Waals surface area contributed by atoms with E-state index in [1.54, 1.807) is 4.90 Å². The summed E-state index contributed by atoms with van der Waals surface area (Å²) in [6.07, 6.45) is 1.79. The van der Waals surface area contributed by atoms with Crippen LogP contribution in [0.5, 0.6) is 0 Å². The van der Waals surface area contributed by atoms with E-state index < -0.39 is 5.82 Å². The molecule has 0 unspecified atom stereocenters. The molecule has 6 heteroatoms. The number of carbonyl (C=O) groups excluding carboxylic acids is 1. The lowest BCUT2D eigenvalue weighted by Gasteiger charge is -2.19. The van der Waals surface area contributed by atoms with Gasteiger partial charge in [-0.05, 0) is 20.3 Å². The van der Waals surface area contributed by atoms with Crippen LogP contribution in [0.25, 0.3) is 0 Å². The van der Waals surface area contributed by atoms with Crippen LogP contribution in [0.15, 0.2) is 6.33 Å². The molecule has 0 fully saturated rings. The van der Waals surface area contributed by atoms with Crippen molar-refractivity contribution in [2.24, 2.45) is 0 Å². The normalized spacial score (nSPS) is 10.2. The van der Waals surface area contributed by atoms with Crippen molar-refractivity contribution in [1.82, 2.24) is 14.9 Å². The zero-order valence-electron chi connectivity index (χ0n) is 11.0. The second-order valence-corrected chi connectivity index (χ2v) is 3.76. The molecule has 1 amide bonds. The van der Waals surface area contributed by atoms with Crippen molar-refractivity contribution in [3.05, 3.63) is 17.8 Å². The van der Waals surface area contributed by atoms with Gasteiger partial charge in [0.2, 0.25) is 5.91 Å². The summed E-state index contributed by atoms with van der Waals surface area (Å²) in [6.45, 7) is 6.95. The highest BCUT2D eigenvalue weighted by molar-refractivity contribution is 5.80. The van der Waals surface area contributed by atoms with Crippen molar-refractivity contribution in [2.75, 3.05) is 25.0 Å². The lowest BCUT2D eigenvalue weighted by atomic mass is 10.3. The first-order chi connectivity index (χ1) is 8.63. The minimum Gasteiger partial charge on any atom is -0.358 e. The minimum atomic E-state index is -0.479. The molecule has 0 saturated carbocycles. The Balaban J connectivity index is 2.66. The zero-order chi connectivity index (χ0) is 13.5. The van der Waals surface area contributed by atoms with Crippen molar-refractivity contribution >= 4 is 11.7 Å². The fourth-order valence-electron chi connectivity index (χ4n) is 1.62. The third kappa shape index (κ3) is 3.38. The molecule has 100 valence electrons. The molecule has 1 heterocycles. The molecule has 0 aliphatic rings. The van der Waals surface area contributed by atoms with E-state index in [0.29, 0.717) is 25.2 Å². The standard InChI is InChI=1S/C12H19FN4O/c1-4-9-11(13)12(16-8-15-9)14-7-10(18)17(5-2)6-3/h8H,4-7H2,1-3H3,(H,14,15,16). The van der Waals surface area contributed by atoms with E-state index in [-0.39, 0.29) is 18.3 Å². The number of likely N-dealkylation sites (N-methyl/N-ethyl adjacent to an activating group) is 1. The molecule has 0 atom stereocenters. The molecule has 1 N–H and O–H groups in total. The number of carbonyl (C=O) groups is 1. The van der Waals surface area contributed by atoms with Gasteiger partial charge in [-0.3, -0.25) is 4.79 Å². The Hall–Kier alpha value is -1.72. The van der Waals surface area contributed by atoms with E-state index in [9.17, 15) is 9.18 Å². The predicted octanol–water partition coefficient (Wildman–Crippen LogP) is 1.46. The van der Waals surface area contributed by atoms with Crippen molar-refractivity contribution in [1.29, 1.82) is 0 Å². The number of nitrogens with one attached hydrogen (secondary N) is 1. The number of aryl methyl sites for hydroxylation is 1. The van der Waals surface area contributed by atoms with Crippen LogP contribution in [0.2, 0.25) is 0 Å². The van der Waals surface area contributed by atoms with Gasteiger partial charge in [-0.2, -0.15) is 0 Å². The first-order valence-electron chi connectivity index (χ1n) is 6.14. The summed E-state index contributed by atoms with van der Waals surface area (Å²) in [4.78, 5) is 21.0. The van der Waals surface area contributed by atoms with Gasteiger partial charge < -0.3 is 10.2 Å². The number of aromatic nitrogens is 2. The van der Waals surface area contributed by atoms with Gasteiger partial charge in [0.1, 0.15) is 6.33 Å². The van der Waals surface area contributed by atoms with Crippen molar-refractivity contribution in [2.45, 2.75) is 27.2 Å². The third-order valence-electron chi connectivity index (χ3n) is 2.72. The smallest absolute Gasteiger partial charge is 0.241 e. The molecule has 0 aliphatic carbocycles. The Morgan fingerprint density at radius 2 is 2.00 bits per heavy atom. The van der Waals surface area contributed by atoms with Crippen LogP contribution in [-0.2, 0) is 11.2 Å². The number of amides is 1. The maximum Gasteiger partial charge on any atom is 0.241 e. The molecule has 0 aliphatic heterocycles. The Morgan fingerprint density at radius 1 is 1.33 bits per heavy atom. The fraction of sp³-hybridized carbons (Fsp3) is 0.583. The van der Waals surface area contributed by atoms with Crippen molar-refractivity contribution < 1.29 is 9.18 Å². The second kappa shape index (κ2) is 6.88. The number of nitrogens with zero attached hydrogens (tertiary/aromatic N) is 3. The number of hydrogen-bond acceptors (Lipinski definition) is 4. The van der Waals surface area contributed by atoms with Crippen LogP contribution < -0.4 is 5.32 Å². The first kappa shape index (κ1) is 14.3. The third-order valence-corrected chi connectivity index (χ3v) is 2.72. The topological polar surface area (TPSA) is 58.1 Å². The summed E-state index contributed by atoms with van der Waals surface area (Å²) in [5.74, 6) is -0.467. The van der Waals surface area contributed by atoms with Crippen LogP contribution in [-0.4, -0.2) is 40.4 Å². The predicted molar refractivity (Wildman–Crippen MR) is 67.8 cm³/mol. The largest absolute Gasteiger partial charge is 0.358 e. The molecule has 0 aromatic carbocycles. The molecule has 0 radical (unpaired) electrons. The first-order valence-corrected chi connectivity index (χ1v) is 6.14. The highest BCUT2D eigenvalue weighted by Gasteiger charge is 2.13. The highest BCUT2D eigenvalue weighted by Crippen LogP contribution is 2.12. The van der Waals surface area contributed by atoms with Gasteiger partial charge >= 0.3 is 0 Å². The van der Waals surface area contributed by atoms with Crippen molar-refractivity contribution in [3.63, 3.8) is 0 Å². The minimum absolute atomic E-state index is 0.0404. The zero-order valence-corrected chi connectivity index (χ0v) is 11.0. The summed E-state index contributed by atoms with van der Waals surface area (Å²) in [6, 6.07) is 0. The fourth-order valence-corrected chi connectivity index (χ4v) is 1.62. The molecular weight excluding hydrogens is 235 g/mol. The van der Waals surface area contributed by atoms with E-state index in [4.69, 9.17) is 0 Å². The summed E-state index contributed by atoms with van der Waals surface area (Å²) in [5.41, 5.74) is 0.350. The lowest BCUT2D eigenvalue weighted by Crippen LogP contribution is -2.35. The van der Waals surface area contributed by atoms with Gasteiger partial charge in [-0.25, -0.2) is 14.4 Å². The van der Waals surface area contributed by atoms with Gasteiger partial charge in [-0.15, -0.1) is 0 Å². The lowest BCUT2D eigenvalue weighted by molar-refractivity contribution is -0.128. The molecule has 1 rings (SSSR count). The maximum atomic E-state index is 13.8. The Bertz CT molecular complexity index is 407. The summed E-state index contributed by atoms with van der Waals surface area (Å²) < 4.78 is 13.8. The van der Waals surface area contributed by atoms with Gasteiger partial charge in [0, 0.05) is 13.1 Å². The van der Waals surface area contributed by atoms with E-state index >= 15 is 0 Å². The molecular formula is C12H19FN4O. The average Bonchev–Trinajstić information content (AvgIpc) is 2.39. The molecule has 1 aromatic heterocycles. The van der Waals surface area contributed by atoms with E-state index in [1.165, 1.54) is 6.33 Å². The number of rotatable bonds is 6.